The molecule has 0 saturated carbocycles. The zero-order valence-corrected chi connectivity index (χ0v) is 20.2. The maximum Gasteiger partial charge on any atom is 0.546 e. The van der Waals surface area contributed by atoms with E-state index in [-0.39, 0.29) is 49.0 Å². The minimum Gasteiger partial charge on any atom is -1.00 e. The highest BCUT2D eigenvalue weighted by atomic mass is 35.5. The molecule has 188 valence electrons. The molecule has 3 N–H and O–H groups in total. The van der Waals surface area contributed by atoms with Crippen molar-refractivity contribution in [1.82, 2.24) is 9.49 Å². The van der Waals surface area contributed by atoms with Gasteiger partial charge in [0.05, 0.1) is 12.1 Å². The van der Waals surface area contributed by atoms with Crippen molar-refractivity contribution < 1.29 is 46.9 Å². The molecule has 1 aromatic carbocycles. The number of carboxylic acids is 1. The van der Waals surface area contributed by atoms with Gasteiger partial charge in [-0.25, -0.2) is 9.69 Å². The van der Waals surface area contributed by atoms with Gasteiger partial charge in [-0.3, -0.25) is 9.59 Å². The van der Waals surface area contributed by atoms with E-state index in [1.54, 1.807) is 68.4 Å². The average molecular weight is 507 g/mol. The summed E-state index contributed by atoms with van der Waals surface area (Å²) in [5, 5.41) is 31.1. The molecule has 2 atom stereocenters. The zero-order valence-electron chi connectivity index (χ0n) is 19.5. The Labute approximate surface area is 208 Å². The first-order chi connectivity index (χ1) is 16.0. The number of ketones is 1. The molecule has 2 amide bonds. The number of amides is 2. The molecule has 0 fully saturated rings. The first kappa shape index (κ1) is 26.0. The summed E-state index contributed by atoms with van der Waals surface area (Å²) in [4.78, 5) is 52.7. The second-order valence-electron chi connectivity index (χ2n) is 8.85. The number of aliphatic carboxylic acids is 1. The van der Waals surface area contributed by atoms with E-state index >= 15 is 0 Å². The second-order valence-corrected chi connectivity index (χ2v) is 8.85. The molecule has 35 heavy (non-hydrogen) atoms. The number of quaternary nitrogens is 1. The van der Waals surface area contributed by atoms with Crippen LogP contribution < -0.4 is 26.9 Å². The predicted octanol–water partition coefficient (Wildman–Crippen LogP) is 0.427. The van der Waals surface area contributed by atoms with Gasteiger partial charge in [0.2, 0.25) is 6.17 Å². The Kier molecular flexibility index (Phi) is 6.62. The molecule has 3 aliphatic heterocycles. The molecule has 0 aliphatic carbocycles. The van der Waals surface area contributed by atoms with Crippen molar-refractivity contribution in [1.29, 1.82) is 0 Å². The lowest BCUT2D eigenvalue weighted by atomic mass is 9.84. The van der Waals surface area contributed by atoms with Crippen LogP contribution in [-0.4, -0.2) is 62.4 Å². The number of rotatable bonds is 7. The van der Waals surface area contributed by atoms with Crippen molar-refractivity contribution in [3.05, 3.63) is 42.8 Å². The summed E-state index contributed by atoms with van der Waals surface area (Å²) >= 11 is 0. The monoisotopic (exact) mass is 506 g/mol. The summed E-state index contributed by atoms with van der Waals surface area (Å²) in [6.07, 6.45) is 2.77. The van der Waals surface area contributed by atoms with E-state index in [1.165, 1.54) is 5.01 Å². The number of hydrogen-bond acceptors (Lipinski definition) is 6. The van der Waals surface area contributed by atoms with Gasteiger partial charge in [0.15, 0.2) is 17.0 Å². The number of fused-ring (bicyclic) bond motifs is 1. The summed E-state index contributed by atoms with van der Waals surface area (Å²) < 4.78 is -0.872. The Morgan fingerprint density at radius 2 is 1.71 bits per heavy atom. The maximum atomic E-state index is 13.8. The number of carbonyl (C=O) groups excluding carboxylic acids is 1. The van der Waals surface area contributed by atoms with Crippen LogP contribution in [-0.2, 0) is 9.59 Å². The van der Waals surface area contributed by atoms with E-state index in [2.05, 4.69) is 0 Å². The van der Waals surface area contributed by atoms with Crippen LogP contribution in [0.4, 0.5) is 26.7 Å². The Bertz CT molecular complexity index is 1140. The molecular formula is C23H27ClN4O7. The Morgan fingerprint density at radius 1 is 1.09 bits per heavy atom. The molecular weight excluding hydrogens is 480 g/mol. The molecule has 3 aliphatic rings. The summed E-state index contributed by atoms with van der Waals surface area (Å²) in [5.74, 6) is -1.72. The van der Waals surface area contributed by atoms with Gasteiger partial charge in [-0.15, -0.1) is 0 Å². The molecule has 2 bridgehead atoms. The van der Waals surface area contributed by atoms with Gasteiger partial charge in [0, 0.05) is 37.3 Å². The third-order valence-electron chi connectivity index (χ3n) is 6.63. The highest BCUT2D eigenvalue weighted by Gasteiger charge is 2.70. The molecule has 0 aromatic heterocycles. The third-order valence-corrected chi connectivity index (χ3v) is 6.63. The number of Topliss-reactive ketones (excluding diaryl/α,β-unsaturated/α-hetero) is 1. The van der Waals surface area contributed by atoms with Crippen molar-refractivity contribution in [2.75, 3.05) is 16.5 Å². The summed E-state index contributed by atoms with van der Waals surface area (Å²) in [6.45, 7) is 5.32. The van der Waals surface area contributed by atoms with E-state index in [4.69, 9.17) is 5.11 Å². The fourth-order valence-corrected chi connectivity index (χ4v) is 5.27. The topological polar surface area (TPSA) is 139 Å². The lowest BCUT2D eigenvalue weighted by molar-refractivity contribution is -0.137. The SMILES string of the molecule is CCC1N(C(=O)O)c2ccc3cc2[N+]1(C(=O)O)N3C1(C(=O)C(C)C)C=CN(CCC(=O)O)C=C1.[Cl-]. The van der Waals surface area contributed by atoms with Crippen LogP contribution in [0.25, 0.3) is 0 Å². The number of hydrogen-bond donors (Lipinski definition) is 3. The molecule has 0 spiro atoms. The van der Waals surface area contributed by atoms with E-state index in [9.17, 15) is 29.4 Å². The van der Waals surface area contributed by atoms with Crippen LogP contribution in [0.2, 0.25) is 0 Å². The standard InChI is InChI=1S/C23H26N4O7.ClH/c1-4-18-25(21(31)32)16-6-5-15-13-17(16)27(18,22(33)34)26(15)23(20(30)14(2)3)8-11-24(12-9-23)10-7-19(28)29;/h5-6,8-9,11-14,18H,4,7,10H2,1-3H3,(H2-,28,29,31,32,33,34);1H. The minimum atomic E-state index is -1.54. The van der Waals surface area contributed by atoms with Gasteiger partial charge in [-0.05, 0) is 24.3 Å². The number of carbonyl (C=O) groups is 4. The highest BCUT2D eigenvalue weighted by Crippen LogP contribution is 2.57. The largest absolute Gasteiger partial charge is 1.00 e. The first-order valence-corrected chi connectivity index (χ1v) is 11.0. The van der Waals surface area contributed by atoms with Crippen molar-refractivity contribution in [2.24, 2.45) is 5.92 Å². The van der Waals surface area contributed by atoms with Gasteiger partial charge in [0.1, 0.15) is 5.69 Å². The van der Waals surface area contributed by atoms with Crippen LogP contribution in [0.5, 0.6) is 0 Å². The predicted molar refractivity (Wildman–Crippen MR) is 123 cm³/mol. The van der Waals surface area contributed by atoms with Crippen molar-refractivity contribution in [3.63, 3.8) is 0 Å². The van der Waals surface area contributed by atoms with Crippen LogP contribution in [0.15, 0.2) is 42.8 Å². The van der Waals surface area contributed by atoms with Gasteiger partial charge in [-0.2, -0.15) is 9.80 Å². The fraction of sp³-hybridized carbons (Fsp3) is 0.391. The van der Waals surface area contributed by atoms with Gasteiger partial charge in [-0.1, -0.05) is 25.4 Å². The van der Waals surface area contributed by atoms with E-state index < -0.39 is 40.4 Å². The van der Waals surface area contributed by atoms with E-state index in [1.807, 2.05) is 0 Å². The number of halogens is 1. The second kappa shape index (κ2) is 8.90. The quantitative estimate of drug-likeness (QED) is 0.449. The Morgan fingerprint density at radius 3 is 2.20 bits per heavy atom. The van der Waals surface area contributed by atoms with Crippen LogP contribution >= 0.6 is 0 Å². The Balaban J connectivity index is 0.00000342. The van der Waals surface area contributed by atoms with Crippen LogP contribution in [0, 0.1) is 5.92 Å². The third kappa shape index (κ3) is 3.45. The first-order valence-electron chi connectivity index (χ1n) is 11.0. The number of benzene rings is 1. The van der Waals surface area contributed by atoms with Crippen molar-refractivity contribution >= 4 is 41.0 Å². The smallest absolute Gasteiger partial charge is 0.546 e. The summed E-state index contributed by atoms with van der Waals surface area (Å²) in [6, 6.07) is 4.83. The highest BCUT2D eigenvalue weighted by molar-refractivity contribution is 6.08. The molecule has 3 heterocycles. The Hall–Kier alpha value is -3.57. The number of anilines is 2. The van der Waals surface area contributed by atoms with Gasteiger partial charge < -0.3 is 32.6 Å². The maximum absolute atomic E-state index is 13.8. The summed E-state index contributed by atoms with van der Waals surface area (Å²) in [7, 11) is 0. The van der Waals surface area contributed by atoms with Gasteiger partial charge >= 0.3 is 18.2 Å². The van der Waals surface area contributed by atoms with Crippen molar-refractivity contribution in [3.8, 4) is 0 Å². The molecule has 11 nitrogen and oxygen atoms in total. The van der Waals surface area contributed by atoms with Crippen LogP contribution in [0.1, 0.15) is 33.6 Å². The fourth-order valence-electron chi connectivity index (χ4n) is 5.27. The molecule has 4 rings (SSSR count). The van der Waals surface area contributed by atoms with E-state index in [0.717, 1.165) is 4.90 Å². The molecule has 0 saturated heterocycles. The molecule has 1 aromatic rings. The summed E-state index contributed by atoms with van der Waals surface area (Å²) in [5.41, 5.74) is -0.508. The zero-order chi connectivity index (χ0) is 25.0. The van der Waals surface area contributed by atoms with Crippen LogP contribution in [0.3, 0.4) is 0 Å². The lowest BCUT2D eigenvalue weighted by Crippen LogP contribution is -3.00. The number of carboxylic acid groups (broad SMARTS) is 3. The number of nitrogens with zero attached hydrogens (tertiary/aromatic N) is 4. The van der Waals surface area contributed by atoms with E-state index in [0.29, 0.717) is 5.69 Å². The van der Waals surface area contributed by atoms with Gasteiger partial charge in [0.25, 0.3) is 0 Å². The molecule has 12 heteroatoms. The van der Waals surface area contributed by atoms with Crippen molar-refractivity contribution in [2.45, 2.75) is 45.3 Å². The lowest BCUT2D eigenvalue weighted by Gasteiger charge is -2.48. The normalized spacial score (nSPS) is 23.0. The molecule has 0 radical (unpaired) electrons. The molecule has 2 unspecified atom stereocenters. The minimum absolute atomic E-state index is 0. The average Bonchev–Trinajstić information content (AvgIpc) is 3.22.